The van der Waals surface area contributed by atoms with E-state index in [4.69, 9.17) is 0 Å². The number of nitrogens with zero attached hydrogens (tertiary/aromatic N) is 4. The highest BCUT2D eigenvalue weighted by atomic mass is 16.2. The zero-order valence-electron chi connectivity index (χ0n) is 17.3. The molecule has 5 nitrogen and oxygen atoms in total. The van der Waals surface area contributed by atoms with Crippen LogP contribution in [-0.4, -0.2) is 34.1 Å². The first-order chi connectivity index (χ1) is 14.5. The quantitative estimate of drug-likeness (QED) is 0.655. The van der Waals surface area contributed by atoms with Crippen LogP contribution in [0.25, 0.3) is 11.3 Å². The molecule has 3 aromatic rings. The molecule has 0 saturated carbocycles. The summed E-state index contributed by atoms with van der Waals surface area (Å²) in [5.41, 5.74) is 5.16. The Morgan fingerprint density at radius 3 is 2.33 bits per heavy atom. The van der Waals surface area contributed by atoms with Gasteiger partial charge in [0.1, 0.15) is 0 Å². The fraction of sp³-hybridized carbons (Fsp3) is 0.280. The number of amides is 1. The van der Waals surface area contributed by atoms with Crippen LogP contribution in [0.2, 0.25) is 0 Å². The zero-order valence-corrected chi connectivity index (χ0v) is 17.3. The molecule has 30 heavy (non-hydrogen) atoms. The average Bonchev–Trinajstić information content (AvgIpc) is 2.81. The fourth-order valence-corrected chi connectivity index (χ4v) is 4.07. The van der Waals surface area contributed by atoms with E-state index in [9.17, 15) is 10.1 Å². The van der Waals surface area contributed by atoms with Crippen molar-refractivity contribution in [1.82, 2.24) is 15.1 Å². The van der Waals surface area contributed by atoms with Crippen LogP contribution in [0.3, 0.4) is 0 Å². The lowest BCUT2D eigenvalue weighted by Crippen LogP contribution is -2.44. The summed E-state index contributed by atoms with van der Waals surface area (Å²) in [6, 6.07) is 20.0. The maximum Gasteiger partial charge on any atom is 0.253 e. The predicted molar refractivity (Wildman–Crippen MR) is 116 cm³/mol. The standard InChI is InChI=1S/C25H24N4O/c1-18-16-27-28-23(19(18)2)20-8-10-21(11-9-20)24(30)29-14-12-25(17-26,13-15-29)22-6-4-3-5-7-22/h3-11,16H,12-15H2,1-2H3. The Bertz CT molecular complexity index is 1090. The smallest absolute Gasteiger partial charge is 0.253 e. The summed E-state index contributed by atoms with van der Waals surface area (Å²) in [6.45, 7) is 5.19. The molecule has 0 N–H and O–H groups in total. The van der Waals surface area contributed by atoms with Crippen molar-refractivity contribution in [1.29, 1.82) is 5.26 Å². The van der Waals surface area contributed by atoms with E-state index in [1.807, 2.05) is 73.3 Å². The molecule has 1 aliphatic heterocycles. The van der Waals surface area contributed by atoms with Gasteiger partial charge < -0.3 is 4.90 Å². The van der Waals surface area contributed by atoms with Crippen LogP contribution in [0, 0.1) is 25.2 Å². The Morgan fingerprint density at radius 2 is 1.70 bits per heavy atom. The molecule has 0 spiro atoms. The van der Waals surface area contributed by atoms with Crippen LogP contribution in [0.1, 0.15) is 39.9 Å². The number of carbonyl (C=O) groups excluding carboxylic acids is 1. The maximum absolute atomic E-state index is 13.0. The van der Waals surface area contributed by atoms with E-state index in [-0.39, 0.29) is 5.91 Å². The molecule has 1 amide bonds. The van der Waals surface area contributed by atoms with E-state index >= 15 is 0 Å². The van der Waals surface area contributed by atoms with E-state index < -0.39 is 5.41 Å². The van der Waals surface area contributed by atoms with Crippen LogP contribution < -0.4 is 0 Å². The van der Waals surface area contributed by atoms with Crippen molar-refractivity contribution in [3.05, 3.63) is 83.0 Å². The molecule has 1 saturated heterocycles. The molecule has 5 heteroatoms. The van der Waals surface area contributed by atoms with Gasteiger partial charge >= 0.3 is 0 Å². The highest BCUT2D eigenvalue weighted by Gasteiger charge is 2.37. The molecule has 0 aliphatic carbocycles. The minimum absolute atomic E-state index is 0.00759. The average molecular weight is 396 g/mol. The lowest BCUT2D eigenvalue weighted by Gasteiger charge is -2.37. The van der Waals surface area contributed by atoms with Crippen LogP contribution >= 0.6 is 0 Å². The maximum atomic E-state index is 13.0. The number of carbonyl (C=O) groups is 1. The largest absolute Gasteiger partial charge is 0.339 e. The number of piperidine rings is 1. The number of hydrogen-bond acceptors (Lipinski definition) is 4. The SMILES string of the molecule is Cc1cnnc(-c2ccc(C(=O)N3CCC(C#N)(c4ccccc4)CC3)cc2)c1C. The number of likely N-dealkylation sites (tertiary alicyclic amines) is 1. The molecule has 1 aromatic heterocycles. The van der Waals surface area contributed by atoms with Crippen molar-refractivity contribution < 1.29 is 4.79 Å². The molecule has 4 rings (SSSR count). The summed E-state index contributed by atoms with van der Waals surface area (Å²) in [7, 11) is 0. The Labute approximate surface area is 177 Å². The third-order valence-electron chi connectivity index (χ3n) is 6.21. The van der Waals surface area contributed by atoms with Crippen molar-refractivity contribution >= 4 is 5.91 Å². The normalized spacial score (nSPS) is 15.4. The Hall–Kier alpha value is -3.52. The first-order valence-electron chi connectivity index (χ1n) is 10.2. The number of rotatable bonds is 3. The third-order valence-corrected chi connectivity index (χ3v) is 6.21. The summed E-state index contributed by atoms with van der Waals surface area (Å²) in [4.78, 5) is 14.9. The minimum atomic E-state index is -0.511. The second-order valence-electron chi connectivity index (χ2n) is 7.93. The van der Waals surface area contributed by atoms with E-state index in [1.165, 1.54) is 0 Å². The molecular weight excluding hydrogens is 372 g/mol. The van der Waals surface area contributed by atoms with Gasteiger partial charge in [0.15, 0.2) is 0 Å². The lowest BCUT2D eigenvalue weighted by molar-refractivity contribution is 0.0692. The summed E-state index contributed by atoms with van der Waals surface area (Å²) in [6.07, 6.45) is 3.05. The molecule has 150 valence electrons. The van der Waals surface area contributed by atoms with Crippen LogP contribution in [-0.2, 0) is 5.41 Å². The molecule has 1 aliphatic rings. The molecule has 0 atom stereocenters. The highest BCUT2D eigenvalue weighted by molar-refractivity contribution is 5.94. The van der Waals surface area contributed by atoms with E-state index in [1.54, 1.807) is 6.20 Å². The van der Waals surface area contributed by atoms with Crippen molar-refractivity contribution in [2.24, 2.45) is 0 Å². The zero-order chi connectivity index (χ0) is 21.1. The minimum Gasteiger partial charge on any atom is -0.339 e. The number of benzene rings is 2. The van der Waals surface area contributed by atoms with Gasteiger partial charge in [-0.1, -0.05) is 42.5 Å². The van der Waals surface area contributed by atoms with Crippen molar-refractivity contribution in [3.8, 4) is 17.3 Å². The Kier molecular flexibility index (Phi) is 5.33. The highest BCUT2D eigenvalue weighted by Crippen LogP contribution is 2.35. The van der Waals surface area contributed by atoms with Gasteiger partial charge in [-0.3, -0.25) is 4.79 Å². The molecule has 1 fully saturated rings. The number of aromatic nitrogens is 2. The van der Waals surface area contributed by atoms with Gasteiger partial charge in [-0.2, -0.15) is 15.5 Å². The van der Waals surface area contributed by atoms with Crippen LogP contribution in [0.15, 0.2) is 60.8 Å². The monoisotopic (exact) mass is 396 g/mol. The topological polar surface area (TPSA) is 69.9 Å². The van der Waals surface area contributed by atoms with E-state index in [2.05, 4.69) is 16.3 Å². The Morgan fingerprint density at radius 1 is 1.03 bits per heavy atom. The van der Waals surface area contributed by atoms with Crippen molar-refractivity contribution in [3.63, 3.8) is 0 Å². The number of hydrogen-bond donors (Lipinski definition) is 0. The molecule has 0 unspecified atom stereocenters. The van der Waals surface area contributed by atoms with Crippen LogP contribution in [0.4, 0.5) is 0 Å². The van der Waals surface area contributed by atoms with Gasteiger partial charge in [-0.25, -0.2) is 0 Å². The molecular formula is C25H24N4O. The fourth-order valence-electron chi connectivity index (χ4n) is 4.07. The molecule has 2 heterocycles. The molecule has 0 radical (unpaired) electrons. The first kappa shape index (κ1) is 19.8. The van der Waals surface area contributed by atoms with Gasteiger partial charge in [0.2, 0.25) is 0 Å². The van der Waals surface area contributed by atoms with Gasteiger partial charge in [-0.05, 0) is 55.5 Å². The van der Waals surface area contributed by atoms with Crippen molar-refractivity contribution in [2.75, 3.05) is 13.1 Å². The Balaban J connectivity index is 1.48. The number of aryl methyl sites for hydroxylation is 1. The van der Waals surface area contributed by atoms with Gasteiger partial charge in [0.05, 0.1) is 23.4 Å². The van der Waals surface area contributed by atoms with Crippen LogP contribution in [0.5, 0.6) is 0 Å². The molecule has 2 aromatic carbocycles. The van der Waals surface area contributed by atoms with E-state index in [0.717, 1.165) is 27.9 Å². The summed E-state index contributed by atoms with van der Waals surface area (Å²) in [5, 5.41) is 18.2. The van der Waals surface area contributed by atoms with Gasteiger partial charge in [-0.15, -0.1) is 0 Å². The van der Waals surface area contributed by atoms with Gasteiger partial charge in [0, 0.05) is 24.2 Å². The van der Waals surface area contributed by atoms with E-state index in [0.29, 0.717) is 31.5 Å². The molecule has 0 bridgehead atoms. The third kappa shape index (κ3) is 3.57. The number of nitriles is 1. The first-order valence-corrected chi connectivity index (χ1v) is 10.2. The van der Waals surface area contributed by atoms with Gasteiger partial charge in [0.25, 0.3) is 5.91 Å². The second-order valence-corrected chi connectivity index (χ2v) is 7.93. The second kappa shape index (κ2) is 8.08. The summed E-state index contributed by atoms with van der Waals surface area (Å²) in [5.74, 6) is 0.00759. The summed E-state index contributed by atoms with van der Waals surface area (Å²) >= 11 is 0. The summed E-state index contributed by atoms with van der Waals surface area (Å²) < 4.78 is 0. The van der Waals surface area contributed by atoms with Crippen molar-refractivity contribution in [2.45, 2.75) is 32.1 Å². The lowest BCUT2D eigenvalue weighted by atomic mass is 9.74. The predicted octanol–water partition coefficient (Wildman–Crippen LogP) is 4.46.